The second-order valence-electron chi connectivity index (χ2n) is 5.32. The van der Waals surface area contributed by atoms with Crippen LogP contribution in [0.5, 0.6) is 11.8 Å². The van der Waals surface area contributed by atoms with Gasteiger partial charge < -0.3 is 20.3 Å². The van der Waals surface area contributed by atoms with E-state index in [9.17, 15) is 21.6 Å². The first-order chi connectivity index (χ1) is 16.3. The number of hydrogen-bond acceptors (Lipinski definition) is 10. The van der Waals surface area contributed by atoms with Crippen LogP contribution in [0, 0.1) is 0 Å². The molecule has 0 atom stereocenters. The Bertz CT molecular complexity index is 1190. The predicted octanol–water partition coefficient (Wildman–Crippen LogP) is 2.41. The Balaban J connectivity index is 0. The molecule has 0 aliphatic heterocycles. The van der Waals surface area contributed by atoms with Crippen molar-refractivity contribution in [3.63, 3.8) is 0 Å². The minimum atomic E-state index is -4.85. The number of aliphatic hydroxyl groups excluding tert-OH is 1. The third kappa shape index (κ3) is 12.8. The van der Waals surface area contributed by atoms with Gasteiger partial charge in [0.2, 0.25) is 17.7 Å². The number of alkyl halides is 3. The summed E-state index contributed by atoms with van der Waals surface area (Å²) in [4.78, 5) is 10.0. The summed E-state index contributed by atoms with van der Waals surface area (Å²) in [7, 11) is 2.80. The van der Waals surface area contributed by atoms with Gasteiger partial charge in [0.25, 0.3) is 14.8 Å². The van der Waals surface area contributed by atoms with E-state index in [1.165, 1.54) is 11.6 Å². The summed E-state index contributed by atoms with van der Waals surface area (Å²) in [5.74, 6) is 0.171. The molecule has 0 spiro atoms. The molecule has 0 saturated carbocycles. The van der Waals surface area contributed by atoms with E-state index >= 15 is 0 Å². The zero-order valence-corrected chi connectivity index (χ0v) is 32.2. The number of rotatable bonds is 4. The van der Waals surface area contributed by atoms with E-state index < -0.39 is 31.6 Å². The number of aromatic nitrogens is 5. The number of nitrogen functional groups attached to an aromatic ring is 1. The molecule has 3 N–H and O–H groups in total. The van der Waals surface area contributed by atoms with Crippen LogP contribution in [0.3, 0.4) is 0 Å². The summed E-state index contributed by atoms with van der Waals surface area (Å²) in [6, 6.07) is 2.08. The molecule has 3 heterocycles. The normalized spacial score (nSPS) is 10.5. The van der Waals surface area contributed by atoms with E-state index in [1.807, 2.05) is 0 Å². The van der Waals surface area contributed by atoms with E-state index in [0.29, 0.717) is 36.7 Å². The summed E-state index contributed by atoms with van der Waals surface area (Å²) in [5.41, 5.74) is 4.46. The Kier molecular flexibility index (Phi) is 21.5. The van der Waals surface area contributed by atoms with Gasteiger partial charge in [-0.2, -0.15) is 22.7 Å². The maximum absolute atomic E-state index is 12.5. The van der Waals surface area contributed by atoms with Crippen LogP contribution in [0.1, 0.15) is 11.3 Å². The first-order valence-electron chi connectivity index (χ1n) is 8.07. The Morgan fingerprint density at radius 1 is 1.22 bits per heavy atom. The van der Waals surface area contributed by atoms with Crippen LogP contribution < -0.4 is 28.5 Å². The molecule has 0 radical (unpaired) electrons. The number of anilines is 1. The zero-order chi connectivity index (χ0) is 27.4. The van der Waals surface area contributed by atoms with E-state index in [1.54, 1.807) is 6.07 Å². The van der Waals surface area contributed by atoms with Crippen LogP contribution in [-0.4, -0.2) is 52.3 Å². The van der Waals surface area contributed by atoms with Crippen LogP contribution in [0.15, 0.2) is 23.2 Å². The van der Waals surface area contributed by atoms with Gasteiger partial charge in [0.1, 0.15) is 0 Å². The van der Waals surface area contributed by atoms with Crippen LogP contribution in [0.25, 0.3) is 5.78 Å². The van der Waals surface area contributed by atoms with Gasteiger partial charge >= 0.3 is 56.7 Å². The summed E-state index contributed by atoms with van der Waals surface area (Å²) in [5, 5.41) is 12.8. The predicted molar refractivity (Wildman–Crippen MR) is 168 cm³/mol. The second-order valence-corrected chi connectivity index (χ2v) is 24.1. The maximum atomic E-state index is 12.5. The van der Waals surface area contributed by atoms with E-state index in [2.05, 4.69) is 99.3 Å². The fourth-order valence-corrected chi connectivity index (χ4v) is 3.40. The third-order valence-electron chi connectivity index (χ3n) is 3.33. The number of nitrogens with zero attached hydrogens (tertiary/aromatic N) is 5. The van der Waals surface area contributed by atoms with Gasteiger partial charge in [0.15, 0.2) is 4.90 Å². The molecule has 0 aliphatic rings. The molecular formula is C14H15ClF3I6N6O5S-. The molecule has 11 nitrogen and oxygen atoms in total. The van der Waals surface area contributed by atoms with Crippen molar-refractivity contribution in [3.05, 3.63) is 29.6 Å². The van der Waals surface area contributed by atoms with Crippen LogP contribution in [0.2, 0.25) is 0 Å². The molecule has 22 heteroatoms. The third-order valence-corrected chi connectivity index (χ3v) is 4.68. The number of halogens is 10. The van der Waals surface area contributed by atoms with Crippen molar-refractivity contribution in [2.45, 2.75) is 17.7 Å². The topological polar surface area (TPSA) is 155 Å². The number of fused-ring (bicyclic) bond motifs is 1. The van der Waals surface area contributed by atoms with Crippen molar-refractivity contribution >= 4 is 130 Å². The number of nitrogens with two attached hydrogens (primary N) is 1. The van der Waals surface area contributed by atoms with E-state index in [0.717, 1.165) is 13.3 Å². The Labute approximate surface area is 278 Å². The number of hydrogen-bond donors (Lipinski definition) is 2. The molecule has 0 unspecified atom stereocenters. The number of ether oxygens (including phenoxy) is 2. The average Bonchev–Trinajstić information content (AvgIpc) is 3.19. The van der Waals surface area contributed by atoms with Gasteiger partial charge in [-0.1, -0.05) is 0 Å². The van der Waals surface area contributed by atoms with Crippen LogP contribution >= 0.6 is 109 Å². The molecule has 0 aromatic carbocycles. The first-order valence-corrected chi connectivity index (χ1v) is 29.2. The molecule has 0 amide bonds. The van der Waals surface area contributed by atoms with Crippen molar-refractivity contribution in [3.8, 4) is 11.8 Å². The number of methoxy groups -OCH3 is 2. The van der Waals surface area contributed by atoms with Crippen molar-refractivity contribution < 1.29 is 49.4 Å². The van der Waals surface area contributed by atoms with Gasteiger partial charge in [0, 0.05) is 60.2 Å². The summed E-state index contributed by atoms with van der Waals surface area (Å²) >= 11 is 9.54. The Morgan fingerprint density at radius 2 is 1.78 bits per heavy atom. The quantitative estimate of drug-likeness (QED) is 0.295. The van der Waals surface area contributed by atoms with E-state index in [4.69, 9.17) is 26.3 Å². The molecule has 0 fully saturated rings. The summed E-state index contributed by atoms with van der Waals surface area (Å²) in [6.07, 6.45) is -4.07. The minimum absolute atomic E-state index is 0. The summed E-state index contributed by atoms with van der Waals surface area (Å²) in [6.45, 7) is -0.181. The van der Waals surface area contributed by atoms with Crippen LogP contribution in [-0.2, 0) is 21.8 Å². The fourth-order valence-electron chi connectivity index (χ4n) is 2.16. The Hall–Kier alpha value is 1.47. The number of aliphatic hydroxyl groups is 1. The van der Waals surface area contributed by atoms with Gasteiger partial charge in [-0.15, -0.1) is 29.1 Å². The molecule has 36 heavy (non-hydrogen) atoms. The molecule has 3 aromatic heterocycles. The SMILES string of the molecule is COc1cc(CO)nc2nc(N)nn12.COc1nccc(C(F)(F)F)c1S(=O)(=O)Cl.I.II.I[I-]I. The molecular weight excluding hydrogens is 1220 g/mol. The molecule has 0 bridgehead atoms. The van der Waals surface area contributed by atoms with E-state index in [-0.39, 0.29) is 36.5 Å². The first kappa shape index (κ1) is 39.6. The Morgan fingerprint density at radius 3 is 2.19 bits per heavy atom. The molecule has 208 valence electrons. The van der Waals surface area contributed by atoms with Crippen molar-refractivity contribution in [1.82, 2.24) is 24.6 Å². The average molecular weight is 1230 g/mol. The monoisotopic (exact) mass is 1230 g/mol. The standard InChI is InChI=1S/C7H5ClF3NO3S.C7H9N5O2.I3.I2.HI/c1-15-6-5(16(8,13)14)4(2-3-12-6)7(9,10)11;1-14-5-2-4(3-13)9-7-10-6(8)11-12(5)7;1-3-2;1-2;/h2-3H,1H3;2,13H,3H2,1H3,(H2,8,11);;;1H/q;;-1;;. The van der Waals surface area contributed by atoms with Crippen molar-refractivity contribution in [2.75, 3.05) is 20.0 Å². The summed E-state index contributed by atoms with van der Waals surface area (Å²) < 4.78 is 70.4. The van der Waals surface area contributed by atoms with Gasteiger partial charge in [-0.05, 0) is 6.07 Å². The molecule has 3 rings (SSSR count). The van der Waals surface area contributed by atoms with Crippen molar-refractivity contribution in [1.29, 1.82) is 0 Å². The van der Waals surface area contributed by atoms with Crippen LogP contribution in [0.4, 0.5) is 19.1 Å². The fraction of sp³-hybridized carbons (Fsp3) is 0.286. The second kappa shape index (κ2) is 19.5. The molecule has 0 saturated heterocycles. The van der Waals surface area contributed by atoms with Crippen molar-refractivity contribution in [2.24, 2.45) is 0 Å². The molecule has 0 aliphatic carbocycles. The number of pyridine rings is 1. The van der Waals surface area contributed by atoms with Gasteiger partial charge in [0.05, 0.1) is 32.1 Å². The zero-order valence-electron chi connectivity index (χ0n) is 17.6. The van der Waals surface area contributed by atoms with Gasteiger partial charge in [-0.3, -0.25) is 0 Å². The van der Waals surface area contributed by atoms with Gasteiger partial charge in [-0.25, -0.2) is 18.4 Å². The molecule has 3 aromatic rings.